The molecule has 20 heavy (non-hydrogen) atoms. The summed E-state index contributed by atoms with van der Waals surface area (Å²) in [6, 6.07) is 9.65. The summed E-state index contributed by atoms with van der Waals surface area (Å²) in [5, 5.41) is 8.65. The first kappa shape index (κ1) is 14.8. The monoisotopic (exact) mass is 279 g/mol. The minimum atomic E-state index is -0.265. The van der Waals surface area contributed by atoms with Gasteiger partial charge in [0.25, 0.3) is 0 Å². The van der Waals surface area contributed by atoms with Crippen LogP contribution >= 0.6 is 0 Å². The second-order valence-electron chi connectivity index (χ2n) is 4.94. The predicted octanol–water partition coefficient (Wildman–Crippen LogP) is 1.65. The van der Waals surface area contributed by atoms with Gasteiger partial charge in [0.15, 0.2) is 0 Å². The van der Waals surface area contributed by atoms with Gasteiger partial charge in [-0.2, -0.15) is 0 Å². The molecule has 1 N–H and O–H groups in total. The van der Waals surface area contributed by atoms with Crippen molar-refractivity contribution < 1.29 is 19.4 Å². The lowest BCUT2D eigenvalue weighted by Gasteiger charge is -2.16. The molecule has 1 amide bonds. The standard InChI is InChI=1S/C15H21NO4/c17-8-9-19-11-14-6-7-16(10-14)15(18)20-12-13-4-2-1-3-5-13/h1-5,14,17H,6-12H2. The van der Waals surface area contributed by atoms with E-state index in [0.29, 0.717) is 38.8 Å². The highest BCUT2D eigenvalue weighted by Crippen LogP contribution is 2.17. The molecule has 1 heterocycles. The van der Waals surface area contributed by atoms with E-state index in [1.807, 2.05) is 30.3 Å². The van der Waals surface area contributed by atoms with Crippen LogP contribution in [0.2, 0.25) is 0 Å². The Labute approximate surface area is 119 Å². The van der Waals surface area contributed by atoms with Gasteiger partial charge in [-0.1, -0.05) is 30.3 Å². The number of nitrogens with zero attached hydrogens (tertiary/aromatic N) is 1. The fourth-order valence-corrected chi connectivity index (χ4v) is 2.26. The molecular formula is C15H21NO4. The van der Waals surface area contributed by atoms with Gasteiger partial charge < -0.3 is 19.5 Å². The number of carbonyl (C=O) groups is 1. The Morgan fingerprint density at radius 1 is 1.35 bits per heavy atom. The molecule has 1 unspecified atom stereocenters. The topological polar surface area (TPSA) is 59.0 Å². The summed E-state index contributed by atoms with van der Waals surface area (Å²) in [6.45, 7) is 2.66. The third-order valence-corrected chi connectivity index (χ3v) is 3.34. The van der Waals surface area contributed by atoms with Crippen LogP contribution in [0.4, 0.5) is 4.79 Å². The molecule has 5 heteroatoms. The average Bonchev–Trinajstić information content (AvgIpc) is 2.95. The molecule has 0 aromatic heterocycles. The molecule has 2 rings (SSSR count). The molecule has 1 aromatic rings. The Morgan fingerprint density at radius 2 is 2.15 bits per heavy atom. The van der Waals surface area contributed by atoms with Gasteiger partial charge in [0.1, 0.15) is 6.61 Å². The van der Waals surface area contributed by atoms with Crippen molar-refractivity contribution in [1.29, 1.82) is 0 Å². The highest BCUT2D eigenvalue weighted by Gasteiger charge is 2.27. The van der Waals surface area contributed by atoms with E-state index in [2.05, 4.69) is 0 Å². The smallest absolute Gasteiger partial charge is 0.410 e. The zero-order valence-corrected chi connectivity index (χ0v) is 11.5. The average molecular weight is 279 g/mol. The second kappa shape index (κ2) is 7.87. The third-order valence-electron chi connectivity index (χ3n) is 3.34. The molecule has 0 spiro atoms. The molecule has 1 fully saturated rings. The fourth-order valence-electron chi connectivity index (χ4n) is 2.26. The van der Waals surface area contributed by atoms with E-state index in [4.69, 9.17) is 14.6 Å². The van der Waals surface area contributed by atoms with Gasteiger partial charge in [0.2, 0.25) is 0 Å². The van der Waals surface area contributed by atoms with E-state index in [1.165, 1.54) is 0 Å². The lowest BCUT2D eigenvalue weighted by molar-refractivity contribution is 0.0666. The number of aliphatic hydroxyl groups is 1. The molecule has 5 nitrogen and oxygen atoms in total. The molecule has 0 aliphatic carbocycles. The van der Waals surface area contributed by atoms with Crippen LogP contribution < -0.4 is 0 Å². The van der Waals surface area contributed by atoms with Gasteiger partial charge in [-0.3, -0.25) is 0 Å². The Morgan fingerprint density at radius 3 is 2.90 bits per heavy atom. The lowest BCUT2D eigenvalue weighted by Crippen LogP contribution is -2.29. The van der Waals surface area contributed by atoms with Crippen LogP contribution in [0.25, 0.3) is 0 Å². The first-order chi connectivity index (χ1) is 9.79. The van der Waals surface area contributed by atoms with Crippen LogP contribution in [0.5, 0.6) is 0 Å². The third kappa shape index (κ3) is 4.51. The Bertz CT molecular complexity index is 410. The van der Waals surface area contributed by atoms with Crippen LogP contribution in [-0.2, 0) is 16.1 Å². The van der Waals surface area contributed by atoms with E-state index in [1.54, 1.807) is 4.90 Å². The second-order valence-corrected chi connectivity index (χ2v) is 4.94. The maximum Gasteiger partial charge on any atom is 0.410 e. The Kier molecular flexibility index (Phi) is 5.83. The lowest BCUT2D eigenvalue weighted by atomic mass is 10.1. The van der Waals surface area contributed by atoms with E-state index in [-0.39, 0.29) is 12.7 Å². The van der Waals surface area contributed by atoms with Crippen molar-refractivity contribution in [3.8, 4) is 0 Å². The summed E-state index contributed by atoms with van der Waals surface area (Å²) < 4.78 is 10.6. The normalized spacial score (nSPS) is 18.2. The van der Waals surface area contributed by atoms with E-state index in [0.717, 1.165) is 12.0 Å². The minimum Gasteiger partial charge on any atom is -0.445 e. The van der Waals surface area contributed by atoms with Gasteiger partial charge in [-0.15, -0.1) is 0 Å². The summed E-state index contributed by atoms with van der Waals surface area (Å²) in [5.74, 6) is 0.339. The van der Waals surface area contributed by atoms with Gasteiger partial charge >= 0.3 is 6.09 Å². The quantitative estimate of drug-likeness (QED) is 0.804. The molecule has 0 radical (unpaired) electrons. The number of benzene rings is 1. The van der Waals surface area contributed by atoms with Crippen LogP contribution in [0.3, 0.4) is 0 Å². The number of amides is 1. The van der Waals surface area contributed by atoms with Gasteiger partial charge in [-0.05, 0) is 12.0 Å². The maximum absolute atomic E-state index is 11.9. The largest absolute Gasteiger partial charge is 0.445 e. The first-order valence-corrected chi connectivity index (χ1v) is 6.94. The number of ether oxygens (including phenoxy) is 2. The number of hydrogen-bond acceptors (Lipinski definition) is 4. The summed E-state index contributed by atoms with van der Waals surface area (Å²) in [4.78, 5) is 13.6. The van der Waals surface area contributed by atoms with Crippen molar-refractivity contribution in [3.63, 3.8) is 0 Å². The zero-order valence-electron chi connectivity index (χ0n) is 11.5. The van der Waals surface area contributed by atoms with Crippen molar-refractivity contribution in [2.45, 2.75) is 13.0 Å². The summed E-state index contributed by atoms with van der Waals surface area (Å²) in [6.07, 6.45) is 0.657. The number of rotatable bonds is 6. The van der Waals surface area contributed by atoms with Crippen LogP contribution in [0, 0.1) is 5.92 Å². The predicted molar refractivity (Wildman–Crippen MR) is 74.2 cm³/mol. The van der Waals surface area contributed by atoms with Crippen LogP contribution in [0.1, 0.15) is 12.0 Å². The summed E-state index contributed by atoms with van der Waals surface area (Å²) in [7, 11) is 0. The Balaban J connectivity index is 1.69. The van der Waals surface area contributed by atoms with Crippen LogP contribution in [-0.4, -0.2) is 49.0 Å². The number of hydrogen-bond donors (Lipinski definition) is 1. The molecule has 1 aromatic carbocycles. The number of likely N-dealkylation sites (tertiary alicyclic amines) is 1. The SMILES string of the molecule is O=C(OCc1ccccc1)N1CCC(COCCO)C1. The number of aliphatic hydroxyl groups excluding tert-OH is 1. The molecule has 1 saturated heterocycles. The molecule has 1 aliphatic rings. The van der Waals surface area contributed by atoms with Crippen molar-refractivity contribution in [1.82, 2.24) is 4.90 Å². The zero-order chi connectivity index (χ0) is 14.2. The maximum atomic E-state index is 11.9. The van der Waals surface area contributed by atoms with Gasteiger partial charge in [-0.25, -0.2) is 4.79 Å². The van der Waals surface area contributed by atoms with E-state index in [9.17, 15) is 4.79 Å². The van der Waals surface area contributed by atoms with Crippen molar-refractivity contribution in [3.05, 3.63) is 35.9 Å². The fraction of sp³-hybridized carbons (Fsp3) is 0.533. The van der Waals surface area contributed by atoms with E-state index < -0.39 is 0 Å². The molecule has 0 saturated carbocycles. The molecular weight excluding hydrogens is 258 g/mol. The molecule has 110 valence electrons. The van der Waals surface area contributed by atoms with Crippen molar-refractivity contribution >= 4 is 6.09 Å². The minimum absolute atomic E-state index is 0.0373. The first-order valence-electron chi connectivity index (χ1n) is 6.94. The molecule has 0 bridgehead atoms. The molecule has 1 atom stereocenters. The van der Waals surface area contributed by atoms with Gasteiger partial charge in [0, 0.05) is 19.0 Å². The van der Waals surface area contributed by atoms with Gasteiger partial charge in [0.05, 0.1) is 19.8 Å². The highest BCUT2D eigenvalue weighted by atomic mass is 16.6. The van der Waals surface area contributed by atoms with Crippen LogP contribution in [0.15, 0.2) is 30.3 Å². The summed E-state index contributed by atoms with van der Waals surface area (Å²) in [5.41, 5.74) is 0.989. The molecule has 1 aliphatic heterocycles. The number of carbonyl (C=O) groups excluding carboxylic acids is 1. The highest BCUT2D eigenvalue weighted by molar-refractivity contribution is 5.68. The van der Waals surface area contributed by atoms with E-state index >= 15 is 0 Å². The summed E-state index contributed by atoms with van der Waals surface area (Å²) >= 11 is 0. The van der Waals surface area contributed by atoms with Crippen molar-refractivity contribution in [2.75, 3.05) is 32.9 Å². The van der Waals surface area contributed by atoms with Crippen molar-refractivity contribution in [2.24, 2.45) is 5.92 Å². The Hall–Kier alpha value is -1.59.